The molecule has 0 unspecified atom stereocenters. The Bertz CT molecular complexity index is 140. The maximum absolute atomic E-state index is 4.01. The van der Waals surface area contributed by atoms with Gasteiger partial charge in [0.15, 0.2) is 0 Å². The molecule has 70 valence electrons. The lowest BCUT2D eigenvalue weighted by Crippen LogP contribution is -2.23. The first-order valence-electron chi connectivity index (χ1n) is 5.39. The van der Waals surface area contributed by atoms with Crippen molar-refractivity contribution in [1.82, 2.24) is 0 Å². The number of allylic oxidation sites excluding steroid dienone is 1. The molecule has 1 saturated carbocycles. The maximum atomic E-state index is 4.01. The minimum atomic E-state index is 0.872. The van der Waals surface area contributed by atoms with E-state index in [9.17, 15) is 0 Å². The monoisotopic (exact) mass is 166 g/mol. The standard InChI is InChI=1S/C12H22/c1-4-5-6-7-11-8-12(9-11)10(2)3/h11-12H,2,4-9H2,1,3H3. The Morgan fingerprint density at radius 3 is 2.50 bits per heavy atom. The van der Waals surface area contributed by atoms with E-state index in [1.165, 1.54) is 44.1 Å². The van der Waals surface area contributed by atoms with Crippen molar-refractivity contribution in [2.45, 2.75) is 52.4 Å². The molecule has 1 fully saturated rings. The Kier molecular flexibility index (Phi) is 3.84. The molecule has 1 aliphatic rings. The lowest BCUT2D eigenvalue weighted by Gasteiger charge is -2.36. The van der Waals surface area contributed by atoms with Crippen molar-refractivity contribution in [2.75, 3.05) is 0 Å². The van der Waals surface area contributed by atoms with Gasteiger partial charge in [0.25, 0.3) is 0 Å². The van der Waals surface area contributed by atoms with Crippen LogP contribution in [-0.4, -0.2) is 0 Å². The highest BCUT2D eigenvalue weighted by Gasteiger charge is 2.28. The topological polar surface area (TPSA) is 0 Å². The third-order valence-corrected chi connectivity index (χ3v) is 3.15. The van der Waals surface area contributed by atoms with E-state index in [1.54, 1.807) is 0 Å². The second-order valence-electron chi connectivity index (χ2n) is 4.38. The Morgan fingerprint density at radius 2 is 2.00 bits per heavy atom. The van der Waals surface area contributed by atoms with Gasteiger partial charge >= 0.3 is 0 Å². The first kappa shape index (κ1) is 9.83. The van der Waals surface area contributed by atoms with E-state index in [0.717, 1.165) is 11.8 Å². The van der Waals surface area contributed by atoms with Crippen molar-refractivity contribution >= 4 is 0 Å². The van der Waals surface area contributed by atoms with Crippen molar-refractivity contribution in [3.8, 4) is 0 Å². The number of hydrogen-bond donors (Lipinski definition) is 0. The SMILES string of the molecule is C=C(C)C1CC(CCCCC)C1. The van der Waals surface area contributed by atoms with Gasteiger partial charge in [-0.25, -0.2) is 0 Å². The summed E-state index contributed by atoms with van der Waals surface area (Å²) in [6, 6.07) is 0. The molecule has 12 heavy (non-hydrogen) atoms. The average molecular weight is 166 g/mol. The predicted octanol–water partition coefficient (Wildman–Crippen LogP) is 4.17. The van der Waals surface area contributed by atoms with Gasteiger partial charge in [-0.1, -0.05) is 44.8 Å². The second kappa shape index (κ2) is 4.69. The van der Waals surface area contributed by atoms with E-state index >= 15 is 0 Å². The molecule has 0 saturated heterocycles. The highest BCUT2D eigenvalue weighted by Crippen LogP contribution is 2.40. The summed E-state index contributed by atoms with van der Waals surface area (Å²) in [5.74, 6) is 1.91. The summed E-state index contributed by atoms with van der Waals surface area (Å²) in [5, 5.41) is 0. The lowest BCUT2D eigenvalue weighted by atomic mass is 9.70. The van der Waals surface area contributed by atoms with Crippen LogP contribution in [0.25, 0.3) is 0 Å². The molecule has 1 rings (SSSR count). The second-order valence-corrected chi connectivity index (χ2v) is 4.38. The summed E-state index contributed by atoms with van der Waals surface area (Å²) >= 11 is 0. The Morgan fingerprint density at radius 1 is 1.33 bits per heavy atom. The van der Waals surface area contributed by atoms with Gasteiger partial charge in [0.1, 0.15) is 0 Å². The van der Waals surface area contributed by atoms with Crippen molar-refractivity contribution in [3.63, 3.8) is 0 Å². The van der Waals surface area contributed by atoms with E-state index in [4.69, 9.17) is 0 Å². The molecule has 0 amide bonds. The highest BCUT2D eigenvalue weighted by molar-refractivity contribution is 5.02. The normalized spacial score (nSPS) is 28.2. The lowest BCUT2D eigenvalue weighted by molar-refractivity contribution is 0.209. The van der Waals surface area contributed by atoms with Crippen LogP contribution in [0.3, 0.4) is 0 Å². The molecular formula is C12H22. The fraction of sp³-hybridized carbons (Fsp3) is 0.833. The average Bonchev–Trinajstić information content (AvgIpc) is 1.93. The van der Waals surface area contributed by atoms with E-state index in [0.29, 0.717) is 0 Å². The van der Waals surface area contributed by atoms with E-state index in [2.05, 4.69) is 20.4 Å². The Balaban J connectivity index is 1.98. The van der Waals surface area contributed by atoms with Crippen LogP contribution in [0.15, 0.2) is 12.2 Å². The third-order valence-electron chi connectivity index (χ3n) is 3.15. The molecule has 0 heterocycles. The van der Waals surface area contributed by atoms with E-state index in [-0.39, 0.29) is 0 Å². The van der Waals surface area contributed by atoms with Gasteiger partial charge in [-0.3, -0.25) is 0 Å². The van der Waals surface area contributed by atoms with Gasteiger partial charge in [0.2, 0.25) is 0 Å². The zero-order valence-corrected chi connectivity index (χ0v) is 8.60. The largest absolute Gasteiger partial charge is 0.0999 e. The third kappa shape index (κ3) is 2.66. The van der Waals surface area contributed by atoms with Gasteiger partial charge in [-0.15, -0.1) is 0 Å². The quantitative estimate of drug-likeness (QED) is 0.425. The molecule has 0 aromatic carbocycles. The minimum absolute atomic E-state index is 0.872. The molecule has 0 atom stereocenters. The molecule has 0 aromatic rings. The Hall–Kier alpha value is -0.260. The summed E-state index contributed by atoms with van der Waals surface area (Å²) in [7, 11) is 0. The van der Waals surface area contributed by atoms with Crippen molar-refractivity contribution in [2.24, 2.45) is 11.8 Å². The predicted molar refractivity (Wildman–Crippen MR) is 55.2 cm³/mol. The molecule has 0 nitrogen and oxygen atoms in total. The van der Waals surface area contributed by atoms with Crippen LogP contribution in [0.4, 0.5) is 0 Å². The fourth-order valence-corrected chi connectivity index (χ4v) is 2.06. The molecule has 0 radical (unpaired) electrons. The van der Waals surface area contributed by atoms with E-state index < -0.39 is 0 Å². The zero-order valence-electron chi connectivity index (χ0n) is 8.60. The molecule has 0 heteroatoms. The summed E-state index contributed by atoms with van der Waals surface area (Å²) in [6.07, 6.45) is 8.56. The van der Waals surface area contributed by atoms with Crippen molar-refractivity contribution < 1.29 is 0 Å². The summed E-state index contributed by atoms with van der Waals surface area (Å²) in [6.45, 7) is 8.46. The van der Waals surface area contributed by atoms with Crippen LogP contribution in [0.5, 0.6) is 0 Å². The molecule has 0 bridgehead atoms. The van der Waals surface area contributed by atoms with Crippen LogP contribution in [0.2, 0.25) is 0 Å². The van der Waals surface area contributed by atoms with Crippen molar-refractivity contribution in [3.05, 3.63) is 12.2 Å². The molecule has 0 aromatic heterocycles. The van der Waals surface area contributed by atoms with Crippen LogP contribution >= 0.6 is 0 Å². The van der Waals surface area contributed by atoms with Crippen LogP contribution < -0.4 is 0 Å². The smallest absolute Gasteiger partial charge is 0.0203 e. The van der Waals surface area contributed by atoms with Crippen LogP contribution in [0.1, 0.15) is 52.4 Å². The summed E-state index contributed by atoms with van der Waals surface area (Å²) in [4.78, 5) is 0. The number of hydrogen-bond acceptors (Lipinski definition) is 0. The number of unbranched alkanes of at least 4 members (excludes halogenated alkanes) is 2. The Labute approximate surface area is 77.1 Å². The van der Waals surface area contributed by atoms with Gasteiger partial charge in [-0.2, -0.15) is 0 Å². The van der Waals surface area contributed by atoms with Gasteiger partial charge < -0.3 is 0 Å². The first-order valence-corrected chi connectivity index (χ1v) is 5.39. The van der Waals surface area contributed by atoms with Crippen LogP contribution in [-0.2, 0) is 0 Å². The van der Waals surface area contributed by atoms with Crippen molar-refractivity contribution in [1.29, 1.82) is 0 Å². The molecule has 0 spiro atoms. The zero-order chi connectivity index (χ0) is 8.97. The van der Waals surface area contributed by atoms with Gasteiger partial charge in [0.05, 0.1) is 0 Å². The molecule has 0 N–H and O–H groups in total. The molecule has 0 aliphatic heterocycles. The summed E-state index contributed by atoms with van der Waals surface area (Å²) < 4.78 is 0. The van der Waals surface area contributed by atoms with Crippen LogP contribution in [0, 0.1) is 11.8 Å². The highest BCUT2D eigenvalue weighted by atomic mass is 14.3. The maximum Gasteiger partial charge on any atom is -0.0203 e. The minimum Gasteiger partial charge on any atom is -0.0999 e. The molecular weight excluding hydrogens is 144 g/mol. The van der Waals surface area contributed by atoms with Gasteiger partial charge in [0, 0.05) is 0 Å². The molecule has 1 aliphatic carbocycles. The fourth-order valence-electron chi connectivity index (χ4n) is 2.06. The van der Waals surface area contributed by atoms with E-state index in [1.807, 2.05) is 0 Å². The first-order chi connectivity index (χ1) is 5.74. The number of rotatable bonds is 5. The van der Waals surface area contributed by atoms with Gasteiger partial charge in [-0.05, 0) is 31.6 Å². The summed E-state index contributed by atoms with van der Waals surface area (Å²) in [5.41, 5.74) is 1.40.